The van der Waals surface area contributed by atoms with E-state index in [1.807, 2.05) is 6.92 Å². The van der Waals surface area contributed by atoms with Crippen LogP contribution in [0.4, 0.5) is 0 Å². The lowest BCUT2D eigenvalue weighted by atomic mass is 10.0. The van der Waals surface area contributed by atoms with E-state index >= 15 is 0 Å². The van der Waals surface area contributed by atoms with Crippen molar-refractivity contribution in [3.05, 3.63) is 0 Å². The number of ether oxygens (including phenoxy) is 2. The van der Waals surface area contributed by atoms with Gasteiger partial charge in [0.25, 0.3) is 0 Å². The maximum Gasteiger partial charge on any atom is 0.310 e. The SMILES string of the molecule is CCCCOCCOC(=O)C1CCNC1C. The van der Waals surface area contributed by atoms with E-state index in [1.165, 1.54) is 0 Å². The van der Waals surface area contributed by atoms with E-state index in [9.17, 15) is 4.79 Å². The van der Waals surface area contributed by atoms with Crippen LogP contribution in [0.5, 0.6) is 0 Å². The van der Waals surface area contributed by atoms with E-state index in [2.05, 4.69) is 12.2 Å². The number of esters is 1. The predicted molar refractivity (Wildman–Crippen MR) is 62.3 cm³/mol. The van der Waals surface area contributed by atoms with E-state index in [0.717, 1.165) is 32.4 Å². The van der Waals surface area contributed by atoms with Crippen LogP contribution in [0.15, 0.2) is 0 Å². The van der Waals surface area contributed by atoms with Crippen molar-refractivity contribution in [2.24, 2.45) is 5.92 Å². The molecule has 2 atom stereocenters. The van der Waals surface area contributed by atoms with Crippen LogP contribution in [0.1, 0.15) is 33.1 Å². The first-order valence-electron chi connectivity index (χ1n) is 6.23. The van der Waals surface area contributed by atoms with E-state index in [4.69, 9.17) is 9.47 Å². The molecule has 0 radical (unpaired) electrons. The van der Waals surface area contributed by atoms with E-state index < -0.39 is 0 Å². The van der Waals surface area contributed by atoms with Crippen molar-refractivity contribution in [3.63, 3.8) is 0 Å². The van der Waals surface area contributed by atoms with Crippen LogP contribution in [0, 0.1) is 5.92 Å². The summed E-state index contributed by atoms with van der Waals surface area (Å²) in [5, 5.41) is 3.24. The summed E-state index contributed by atoms with van der Waals surface area (Å²) in [7, 11) is 0. The first-order valence-corrected chi connectivity index (χ1v) is 6.23. The number of carbonyl (C=O) groups excluding carboxylic acids is 1. The Morgan fingerprint density at radius 3 is 2.81 bits per heavy atom. The van der Waals surface area contributed by atoms with Gasteiger partial charge in [0.2, 0.25) is 0 Å². The van der Waals surface area contributed by atoms with Gasteiger partial charge in [0, 0.05) is 12.6 Å². The fourth-order valence-corrected chi connectivity index (χ4v) is 1.84. The Labute approximate surface area is 97.7 Å². The van der Waals surface area contributed by atoms with Crippen molar-refractivity contribution < 1.29 is 14.3 Å². The van der Waals surface area contributed by atoms with E-state index in [-0.39, 0.29) is 17.9 Å². The summed E-state index contributed by atoms with van der Waals surface area (Å²) in [6.07, 6.45) is 3.08. The highest BCUT2D eigenvalue weighted by Gasteiger charge is 2.30. The minimum atomic E-state index is -0.0865. The van der Waals surface area contributed by atoms with Crippen molar-refractivity contribution in [2.45, 2.75) is 39.2 Å². The molecule has 4 nitrogen and oxygen atoms in total. The van der Waals surface area contributed by atoms with E-state index in [1.54, 1.807) is 0 Å². The molecule has 0 amide bonds. The Kier molecular flexibility index (Phi) is 6.42. The minimum absolute atomic E-state index is 0.0237. The summed E-state index contributed by atoms with van der Waals surface area (Å²) < 4.78 is 10.5. The molecule has 1 rings (SSSR count). The molecular formula is C12H23NO3. The van der Waals surface area contributed by atoms with Crippen molar-refractivity contribution in [3.8, 4) is 0 Å². The second kappa shape index (κ2) is 7.63. The van der Waals surface area contributed by atoms with Crippen molar-refractivity contribution >= 4 is 5.97 Å². The molecule has 1 heterocycles. The normalized spacial score (nSPS) is 24.6. The van der Waals surface area contributed by atoms with Crippen LogP contribution in [-0.4, -0.2) is 38.4 Å². The summed E-state index contributed by atoms with van der Waals surface area (Å²) in [5.74, 6) is -0.0627. The number of unbranched alkanes of at least 4 members (excludes halogenated alkanes) is 1. The smallest absolute Gasteiger partial charge is 0.310 e. The maximum atomic E-state index is 11.6. The van der Waals surface area contributed by atoms with Crippen LogP contribution in [0.3, 0.4) is 0 Å². The molecule has 0 aromatic rings. The maximum absolute atomic E-state index is 11.6. The van der Waals surface area contributed by atoms with Crippen LogP contribution in [-0.2, 0) is 14.3 Å². The van der Waals surface area contributed by atoms with Gasteiger partial charge < -0.3 is 14.8 Å². The van der Waals surface area contributed by atoms with E-state index in [0.29, 0.717) is 13.2 Å². The van der Waals surface area contributed by atoms with Gasteiger partial charge in [0.05, 0.1) is 12.5 Å². The molecule has 1 aliphatic rings. The molecule has 0 spiro atoms. The van der Waals surface area contributed by atoms with Crippen LogP contribution in [0.25, 0.3) is 0 Å². The Bertz CT molecular complexity index is 208. The average Bonchev–Trinajstić information content (AvgIpc) is 2.69. The molecule has 16 heavy (non-hydrogen) atoms. The van der Waals surface area contributed by atoms with Gasteiger partial charge >= 0.3 is 5.97 Å². The lowest BCUT2D eigenvalue weighted by Crippen LogP contribution is -2.30. The minimum Gasteiger partial charge on any atom is -0.463 e. The number of rotatable bonds is 7. The molecule has 1 fully saturated rings. The molecule has 1 N–H and O–H groups in total. The topological polar surface area (TPSA) is 47.6 Å². The zero-order valence-corrected chi connectivity index (χ0v) is 10.3. The molecule has 1 aliphatic heterocycles. The fourth-order valence-electron chi connectivity index (χ4n) is 1.84. The first kappa shape index (κ1) is 13.5. The number of hydrogen-bond acceptors (Lipinski definition) is 4. The number of carbonyl (C=O) groups is 1. The Morgan fingerprint density at radius 2 is 2.19 bits per heavy atom. The highest BCUT2D eigenvalue weighted by Crippen LogP contribution is 2.16. The average molecular weight is 229 g/mol. The molecule has 0 saturated carbocycles. The van der Waals surface area contributed by atoms with Crippen LogP contribution < -0.4 is 5.32 Å². The Balaban J connectivity index is 2.02. The molecule has 94 valence electrons. The van der Waals surface area contributed by atoms with Gasteiger partial charge in [-0.15, -0.1) is 0 Å². The third kappa shape index (κ3) is 4.49. The van der Waals surface area contributed by atoms with Crippen LogP contribution >= 0.6 is 0 Å². The molecule has 0 aromatic heterocycles. The summed E-state index contributed by atoms with van der Waals surface area (Å²) in [5.41, 5.74) is 0. The second-order valence-corrected chi connectivity index (χ2v) is 4.27. The largest absolute Gasteiger partial charge is 0.463 e. The van der Waals surface area contributed by atoms with Gasteiger partial charge in [-0.2, -0.15) is 0 Å². The van der Waals surface area contributed by atoms with Gasteiger partial charge in [0.1, 0.15) is 6.61 Å². The summed E-state index contributed by atoms with van der Waals surface area (Å²) in [4.78, 5) is 11.6. The van der Waals surface area contributed by atoms with Gasteiger partial charge in [-0.05, 0) is 26.3 Å². The summed E-state index contributed by atoms with van der Waals surface area (Å²) >= 11 is 0. The van der Waals surface area contributed by atoms with Crippen molar-refractivity contribution in [2.75, 3.05) is 26.4 Å². The summed E-state index contributed by atoms with van der Waals surface area (Å²) in [6.45, 7) is 6.71. The molecule has 2 unspecified atom stereocenters. The molecular weight excluding hydrogens is 206 g/mol. The molecule has 1 saturated heterocycles. The fraction of sp³-hybridized carbons (Fsp3) is 0.917. The van der Waals surface area contributed by atoms with Crippen molar-refractivity contribution in [1.82, 2.24) is 5.32 Å². The standard InChI is InChI=1S/C12H23NO3/c1-3-4-7-15-8-9-16-12(14)11-5-6-13-10(11)2/h10-11,13H,3-9H2,1-2H3. The lowest BCUT2D eigenvalue weighted by Gasteiger charge is -2.14. The molecule has 0 bridgehead atoms. The Morgan fingerprint density at radius 1 is 1.38 bits per heavy atom. The zero-order chi connectivity index (χ0) is 11.8. The first-order chi connectivity index (χ1) is 7.75. The zero-order valence-electron chi connectivity index (χ0n) is 10.3. The second-order valence-electron chi connectivity index (χ2n) is 4.27. The van der Waals surface area contributed by atoms with Gasteiger partial charge in [-0.3, -0.25) is 4.79 Å². The predicted octanol–water partition coefficient (Wildman–Crippen LogP) is 1.34. The highest BCUT2D eigenvalue weighted by atomic mass is 16.6. The highest BCUT2D eigenvalue weighted by molar-refractivity contribution is 5.73. The molecule has 4 heteroatoms. The Hall–Kier alpha value is -0.610. The van der Waals surface area contributed by atoms with Crippen LogP contribution in [0.2, 0.25) is 0 Å². The third-order valence-corrected chi connectivity index (χ3v) is 2.94. The van der Waals surface area contributed by atoms with Gasteiger partial charge in [0.15, 0.2) is 0 Å². The monoisotopic (exact) mass is 229 g/mol. The molecule has 0 aromatic carbocycles. The lowest BCUT2D eigenvalue weighted by molar-refractivity contribution is -0.150. The quantitative estimate of drug-likeness (QED) is 0.529. The third-order valence-electron chi connectivity index (χ3n) is 2.94. The summed E-state index contributed by atoms with van der Waals surface area (Å²) in [6, 6.07) is 0.244. The molecule has 0 aliphatic carbocycles. The number of nitrogens with one attached hydrogen (secondary N) is 1. The van der Waals surface area contributed by atoms with Crippen molar-refractivity contribution in [1.29, 1.82) is 0 Å². The number of hydrogen-bond donors (Lipinski definition) is 1. The van der Waals surface area contributed by atoms with Gasteiger partial charge in [-0.1, -0.05) is 13.3 Å². The van der Waals surface area contributed by atoms with Gasteiger partial charge in [-0.25, -0.2) is 0 Å².